The van der Waals surface area contributed by atoms with Gasteiger partial charge in [-0.3, -0.25) is 0 Å². The zero-order valence-electron chi connectivity index (χ0n) is 10.6. The quantitative estimate of drug-likeness (QED) is 0.776. The molecule has 1 nitrogen and oxygen atoms in total. The summed E-state index contributed by atoms with van der Waals surface area (Å²) in [5.41, 5.74) is 1.48. The van der Waals surface area contributed by atoms with Crippen molar-refractivity contribution in [3.8, 4) is 0 Å². The van der Waals surface area contributed by atoms with E-state index in [1.165, 1.54) is 12.8 Å². The highest BCUT2D eigenvalue weighted by atomic mass is 79.9. The topological polar surface area (TPSA) is 12.0 Å². The Morgan fingerprint density at radius 3 is 2.65 bits per heavy atom. The van der Waals surface area contributed by atoms with E-state index in [1.807, 2.05) is 12.1 Å². The molecule has 1 aliphatic carbocycles. The zero-order valence-corrected chi connectivity index (χ0v) is 12.9. The molecule has 0 bridgehead atoms. The van der Waals surface area contributed by atoms with Crippen molar-refractivity contribution in [3.05, 3.63) is 27.7 Å². The molecule has 2 rings (SSSR count). The predicted molar refractivity (Wildman–Crippen MR) is 78.7 cm³/mol. The first-order chi connectivity index (χ1) is 7.87. The Morgan fingerprint density at radius 2 is 2.06 bits per heavy atom. The molecule has 1 N–H and O–H groups in total. The second kappa shape index (κ2) is 4.81. The van der Waals surface area contributed by atoms with Crippen molar-refractivity contribution in [2.45, 2.75) is 39.7 Å². The Bertz CT molecular complexity index is 417. The van der Waals surface area contributed by atoms with Crippen LogP contribution in [0.3, 0.4) is 0 Å². The first-order valence-electron chi connectivity index (χ1n) is 6.09. The normalized spacial score (nSPS) is 27.1. The van der Waals surface area contributed by atoms with Gasteiger partial charge in [-0.05, 0) is 42.4 Å². The van der Waals surface area contributed by atoms with Gasteiger partial charge in [0.25, 0.3) is 0 Å². The van der Waals surface area contributed by atoms with Gasteiger partial charge in [0.15, 0.2) is 0 Å². The van der Waals surface area contributed by atoms with Gasteiger partial charge in [-0.15, -0.1) is 0 Å². The lowest BCUT2D eigenvalue weighted by atomic mass is 9.91. The van der Waals surface area contributed by atoms with Crippen LogP contribution >= 0.6 is 27.5 Å². The van der Waals surface area contributed by atoms with Gasteiger partial charge < -0.3 is 5.32 Å². The first kappa shape index (κ1) is 13.2. The van der Waals surface area contributed by atoms with Crippen molar-refractivity contribution in [2.75, 3.05) is 5.32 Å². The van der Waals surface area contributed by atoms with Crippen LogP contribution in [0.2, 0.25) is 5.02 Å². The standard InChI is InChI=1S/C14H19BrClN/c1-9-7-14(2,3)8-13(9)17-12-6-10(15)4-5-11(12)16/h4-6,9,13,17H,7-8H2,1-3H3. The van der Waals surface area contributed by atoms with Gasteiger partial charge in [0.05, 0.1) is 10.7 Å². The summed E-state index contributed by atoms with van der Waals surface area (Å²) in [6, 6.07) is 6.48. The first-order valence-corrected chi connectivity index (χ1v) is 7.26. The van der Waals surface area contributed by atoms with Crippen molar-refractivity contribution >= 4 is 33.2 Å². The fourth-order valence-electron chi connectivity index (χ4n) is 2.89. The molecule has 1 aliphatic rings. The Balaban J connectivity index is 2.14. The van der Waals surface area contributed by atoms with Gasteiger partial charge in [0.2, 0.25) is 0 Å². The van der Waals surface area contributed by atoms with Crippen LogP contribution in [0.25, 0.3) is 0 Å². The fourth-order valence-corrected chi connectivity index (χ4v) is 3.43. The molecular formula is C14H19BrClN. The number of benzene rings is 1. The molecule has 0 aliphatic heterocycles. The van der Waals surface area contributed by atoms with E-state index in [0.717, 1.165) is 15.2 Å². The summed E-state index contributed by atoms with van der Waals surface area (Å²) in [6.07, 6.45) is 2.48. The zero-order chi connectivity index (χ0) is 12.6. The smallest absolute Gasteiger partial charge is 0.0638 e. The van der Waals surface area contributed by atoms with Gasteiger partial charge in [0, 0.05) is 10.5 Å². The highest BCUT2D eigenvalue weighted by Gasteiger charge is 2.36. The Labute approximate surface area is 117 Å². The van der Waals surface area contributed by atoms with Crippen LogP contribution < -0.4 is 5.32 Å². The van der Waals surface area contributed by atoms with Crippen LogP contribution in [0.4, 0.5) is 5.69 Å². The minimum absolute atomic E-state index is 0.440. The molecule has 0 spiro atoms. The molecule has 94 valence electrons. The van der Waals surface area contributed by atoms with Crippen LogP contribution in [0.5, 0.6) is 0 Å². The van der Waals surface area contributed by atoms with Gasteiger partial charge in [-0.1, -0.05) is 48.3 Å². The van der Waals surface area contributed by atoms with Crippen LogP contribution in [0, 0.1) is 11.3 Å². The molecule has 0 aromatic heterocycles. The van der Waals surface area contributed by atoms with Crippen LogP contribution in [-0.2, 0) is 0 Å². The lowest BCUT2D eigenvalue weighted by Crippen LogP contribution is -2.22. The molecule has 3 heteroatoms. The van der Waals surface area contributed by atoms with Crippen molar-refractivity contribution in [2.24, 2.45) is 11.3 Å². The summed E-state index contributed by atoms with van der Waals surface area (Å²) in [6.45, 7) is 7.00. The summed E-state index contributed by atoms with van der Waals surface area (Å²) < 4.78 is 1.06. The summed E-state index contributed by atoms with van der Waals surface area (Å²) in [4.78, 5) is 0. The lowest BCUT2D eigenvalue weighted by Gasteiger charge is -2.20. The van der Waals surface area contributed by atoms with Crippen molar-refractivity contribution < 1.29 is 0 Å². The molecule has 1 fully saturated rings. The van der Waals surface area contributed by atoms with E-state index in [1.54, 1.807) is 0 Å². The summed E-state index contributed by atoms with van der Waals surface area (Å²) in [5, 5.41) is 4.39. The molecule has 0 radical (unpaired) electrons. The number of rotatable bonds is 2. The van der Waals surface area contributed by atoms with Crippen LogP contribution in [0.1, 0.15) is 33.6 Å². The summed E-state index contributed by atoms with van der Waals surface area (Å²) >= 11 is 9.69. The van der Waals surface area contributed by atoms with Crippen molar-refractivity contribution in [1.29, 1.82) is 0 Å². The van der Waals surface area contributed by atoms with E-state index in [9.17, 15) is 0 Å². The van der Waals surface area contributed by atoms with E-state index in [2.05, 4.69) is 48.1 Å². The third-order valence-electron chi connectivity index (χ3n) is 3.60. The molecule has 0 saturated heterocycles. The second-order valence-electron chi connectivity index (χ2n) is 5.92. The Kier molecular flexibility index (Phi) is 3.74. The molecule has 2 unspecified atom stereocenters. The average Bonchev–Trinajstić information content (AvgIpc) is 2.46. The maximum Gasteiger partial charge on any atom is 0.0638 e. The molecule has 17 heavy (non-hydrogen) atoms. The van der Waals surface area contributed by atoms with Crippen molar-refractivity contribution in [1.82, 2.24) is 0 Å². The second-order valence-corrected chi connectivity index (χ2v) is 7.25. The van der Waals surface area contributed by atoms with Gasteiger partial charge >= 0.3 is 0 Å². The molecule has 0 amide bonds. The highest BCUT2D eigenvalue weighted by molar-refractivity contribution is 9.10. The van der Waals surface area contributed by atoms with E-state index in [-0.39, 0.29) is 0 Å². The molecule has 0 heterocycles. The Morgan fingerprint density at radius 1 is 1.35 bits per heavy atom. The fraction of sp³-hybridized carbons (Fsp3) is 0.571. The number of nitrogens with one attached hydrogen (secondary N) is 1. The maximum absolute atomic E-state index is 6.21. The molecule has 1 saturated carbocycles. The number of hydrogen-bond donors (Lipinski definition) is 1. The monoisotopic (exact) mass is 315 g/mol. The maximum atomic E-state index is 6.21. The summed E-state index contributed by atoms with van der Waals surface area (Å²) in [5.74, 6) is 0.694. The van der Waals surface area contributed by atoms with Gasteiger partial charge in [0.1, 0.15) is 0 Å². The average molecular weight is 317 g/mol. The minimum Gasteiger partial charge on any atom is -0.381 e. The lowest BCUT2D eigenvalue weighted by molar-refractivity contribution is 0.366. The molecule has 2 atom stereocenters. The molecule has 1 aromatic rings. The minimum atomic E-state index is 0.440. The number of halogens is 2. The number of hydrogen-bond acceptors (Lipinski definition) is 1. The Hall–Kier alpha value is -0.210. The molecular weight excluding hydrogens is 298 g/mol. The highest BCUT2D eigenvalue weighted by Crippen LogP contribution is 2.42. The SMILES string of the molecule is CC1CC(C)(C)CC1Nc1cc(Br)ccc1Cl. The number of anilines is 1. The summed E-state index contributed by atoms with van der Waals surface area (Å²) in [7, 11) is 0. The molecule has 1 aromatic carbocycles. The van der Waals surface area contributed by atoms with Gasteiger partial charge in [-0.25, -0.2) is 0 Å². The van der Waals surface area contributed by atoms with E-state index < -0.39 is 0 Å². The third-order valence-corrected chi connectivity index (χ3v) is 4.43. The van der Waals surface area contributed by atoms with Crippen LogP contribution in [0.15, 0.2) is 22.7 Å². The largest absolute Gasteiger partial charge is 0.381 e. The van der Waals surface area contributed by atoms with E-state index >= 15 is 0 Å². The van der Waals surface area contributed by atoms with Crippen molar-refractivity contribution in [3.63, 3.8) is 0 Å². The third kappa shape index (κ3) is 3.17. The predicted octanol–water partition coefficient (Wildman–Crippen LogP) is 5.34. The van der Waals surface area contributed by atoms with Gasteiger partial charge in [-0.2, -0.15) is 0 Å². The van der Waals surface area contributed by atoms with Crippen LogP contribution in [-0.4, -0.2) is 6.04 Å². The van der Waals surface area contributed by atoms with E-state index in [4.69, 9.17) is 11.6 Å². The van der Waals surface area contributed by atoms with E-state index in [0.29, 0.717) is 17.4 Å².